The molecule has 3 rings (SSSR count). The van der Waals surface area contributed by atoms with Crippen molar-refractivity contribution in [3.05, 3.63) is 56.6 Å². The summed E-state index contributed by atoms with van der Waals surface area (Å²) >= 11 is 0.966. The van der Waals surface area contributed by atoms with Crippen molar-refractivity contribution in [2.45, 2.75) is 27.3 Å². The van der Waals surface area contributed by atoms with E-state index in [2.05, 4.69) is 10.3 Å². The van der Waals surface area contributed by atoms with Crippen molar-refractivity contribution >= 4 is 39.2 Å². The highest BCUT2D eigenvalue weighted by molar-refractivity contribution is 7.17. The molecule has 3 aromatic rings. The van der Waals surface area contributed by atoms with E-state index in [1.54, 1.807) is 18.4 Å². The van der Waals surface area contributed by atoms with E-state index < -0.39 is 23.1 Å². The number of carbonyl (C=O) groups excluding carboxylic acids is 2. The Hall–Kier alpha value is -3.07. The number of anilines is 1. The number of carbonyl (C=O) groups is 2. The third-order valence-corrected chi connectivity index (χ3v) is 5.16. The molecule has 1 aromatic carbocycles. The van der Waals surface area contributed by atoms with Gasteiger partial charge in [-0.05, 0) is 39.0 Å². The molecule has 0 bridgehead atoms. The first-order valence-electron chi connectivity index (χ1n) is 8.64. The van der Waals surface area contributed by atoms with Crippen LogP contribution in [0.5, 0.6) is 0 Å². The van der Waals surface area contributed by atoms with E-state index in [0.717, 1.165) is 17.4 Å². The Balaban J connectivity index is 1.98. The maximum absolute atomic E-state index is 13.6. The molecule has 0 saturated heterocycles. The van der Waals surface area contributed by atoms with Gasteiger partial charge in [0.2, 0.25) is 5.43 Å². The van der Waals surface area contributed by atoms with Crippen molar-refractivity contribution in [1.82, 2.24) is 9.55 Å². The smallest absolute Gasteiger partial charge is 0.350 e. The summed E-state index contributed by atoms with van der Waals surface area (Å²) in [6.07, 6.45) is 1.44. The second-order valence-corrected chi connectivity index (χ2v) is 6.93. The van der Waals surface area contributed by atoms with Crippen LogP contribution in [-0.2, 0) is 11.3 Å². The number of pyridine rings is 1. The molecule has 2 heterocycles. The summed E-state index contributed by atoms with van der Waals surface area (Å²) in [6.45, 7) is 5.89. The molecular formula is C19H18FN3O4S. The fourth-order valence-corrected chi connectivity index (χ4v) is 3.65. The van der Waals surface area contributed by atoms with Crippen LogP contribution in [0.3, 0.4) is 0 Å². The quantitative estimate of drug-likeness (QED) is 0.660. The molecule has 1 N–H and O–H groups in total. The second kappa shape index (κ2) is 7.89. The topological polar surface area (TPSA) is 90.3 Å². The Bertz CT molecular complexity index is 1140. The standard InChI is InChI=1S/C19H18FN3O4S/c1-4-23-9-13(15(24)12-8-11(20)6-7-14(12)23)17(25)22-19-21-10(3)16(28-19)18(26)27-5-2/h6-9H,4-5H2,1-3H3,(H,21,22,25). The maximum atomic E-state index is 13.6. The average molecular weight is 403 g/mol. The number of hydrogen-bond donors (Lipinski definition) is 1. The van der Waals surface area contributed by atoms with Crippen molar-refractivity contribution in [3.8, 4) is 0 Å². The summed E-state index contributed by atoms with van der Waals surface area (Å²) < 4.78 is 20.3. The fourth-order valence-electron chi connectivity index (χ4n) is 2.79. The lowest BCUT2D eigenvalue weighted by atomic mass is 10.1. The lowest BCUT2D eigenvalue weighted by Gasteiger charge is -2.11. The molecule has 1 amide bonds. The zero-order valence-electron chi connectivity index (χ0n) is 15.5. The number of aryl methyl sites for hydroxylation is 2. The van der Waals surface area contributed by atoms with E-state index in [1.807, 2.05) is 6.92 Å². The van der Waals surface area contributed by atoms with E-state index in [9.17, 15) is 18.8 Å². The number of aromatic nitrogens is 2. The summed E-state index contributed by atoms with van der Waals surface area (Å²) in [4.78, 5) is 41.7. The zero-order valence-corrected chi connectivity index (χ0v) is 16.4. The molecule has 146 valence electrons. The van der Waals surface area contributed by atoms with Gasteiger partial charge in [-0.15, -0.1) is 0 Å². The minimum atomic E-state index is -0.678. The summed E-state index contributed by atoms with van der Waals surface area (Å²) in [5.74, 6) is -1.76. The van der Waals surface area contributed by atoms with Gasteiger partial charge in [-0.1, -0.05) is 11.3 Å². The zero-order chi connectivity index (χ0) is 20.4. The second-order valence-electron chi connectivity index (χ2n) is 5.93. The van der Waals surface area contributed by atoms with Gasteiger partial charge in [0.05, 0.1) is 17.8 Å². The van der Waals surface area contributed by atoms with Crippen LogP contribution in [-0.4, -0.2) is 28.0 Å². The Labute approximate surface area is 163 Å². The molecule has 0 aliphatic rings. The molecule has 7 nitrogen and oxygen atoms in total. The van der Waals surface area contributed by atoms with Crippen LogP contribution in [0.1, 0.15) is 39.6 Å². The van der Waals surface area contributed by atoms with Crippen LogP contribution < -0.4 is 10.7 Å². The number of halogens is 1. The van der Waals surface area contributed by atoms with E-state index in [1.165, 1.54) is 18.3 Å². The molecule has 0 aliphatic heterocycles. The van der Waals surface area contributed by atoms with Gasteiger partial charge < -0.3 is 9.30 Å². The number of benzene rings is 1. The molecule has 28 heavy (non-hydrogen) atoms. The van der Waals surface area contributed by atoms with Gasteiger partial charge in [0, 0.05) is 18.1 Å². The molecule has 2 aromatic heterocycles. The number of ether oxygens (including phenoxy) is 1. The van der Waals surface area contributed by atoms with Crippen molar-refractivity contribution in [3.63, 3.8) is 0 Å². The van der Waals surface area contributed by atoms with E-state index in [0.29, 0.717) is 17.8 Å². The van der Waals surface area contributed by atoms with Gasteiger partial charge in [-0.25, -0.2) is 14.2 Å². The first-order chi connectivity index (χ1) is 13.3. The number of nitrogens with zero attached hydrogens (tertiary/aromatic N) is 2. The Morgan fingerprint density at radius 3 is 2.75 bits per heavy atom. The predicted octanol–water partition coefficient (Wildman–Crippen LogP) is 3.35. The van der Waals surface area contributed by atoms with Gasteiger partial charge in [-0.2, -0.15) is 0 Å². The van der Waals surface area contributed by atoms with Gasteiger partial charge in [-0.3, -0.25) is 14.9 Å². The molecule has 0 radical (unpaired) electrons. The van der Waals surface area contributed by atoms with E-state index >= 15 is 0 Å². The summed E-state index contributed by atoms with van der Waals surface area (Å²) in [5.41, 5.74) is 0.256. The molecule has 0 saturated carbocycles. The minimum absolute atomic E-state index is 0.122. The number of rotatable bonds is 5. The van der Waals surface area contributed by atoms with Crippen LogP contribution >= 0.6 is 11.3 Å². The van der Waals surface area contributed by atoms with Crippen molar-refractivity contribution in [2.24, 2.45) is 0 Å². The molecule has 0 atom stereocenters. The minimum Gasteiger partial charge on any atom is -0.462 e. The highest BCUT2D eigenvalue weighted by Crippen LogP contribution is 2.24. The number of amides is 1. The Morgan fingerprint density at radius 1 is 1.32 bits per heavy atom. The number of esters is 1. The monoisotopic (exact) mass is 403 g/mol. The molecule has 9 heteroatoms. The summed E-state index contributed by atoms with van der Waals surface area (Å²) in [7, 11) is 0. The van der Waals surface area contributed by atoms with Crippen molar-refractivity contribution in [2.75, 3.05) is 11.9 Å². The maximum Gasteiger partial charge on any atom is 0.350 e. The summed E-state index contributed by atoms with van der Waals surface area (Å²) in [5, 5.41) is 2.84. The summed E-state index contributed by atoms with van der Waals surface area (Å²) in [6, 6.07) is 3.89. The van der Waals surface area contributed by atoms with Gasteiger partial charge in [0.25, 0.3) is 5.91 Å². The Morgan fingerprint density at radius 2 is 2.07 bits per heavy atom. The SMILES string of the molecule is CCOC(=O)c1sc(NC(=O)c2cn(CC)c3ccc(F)cc3c2=O)nc1C. The molecule has 0 unspecified atom stereocenters. The van der Waals surface area contributed by atoms with Gasteiger partial charge in [0.15, 0.2) is 5.13 Å². The van der Waals surface area contributed by atoms with Gasteiger partial charge in [0.1, 0.15) is 16.3 Å². The third kappa shape index (κ3) is 3.65. The van der Waals surface area contributed by atoms with Crippen molar-refractivity contribution < 1.29 is 18.7 Å². The highest BCUT2D eigenvalue weighted by atomic mass is 32.1. The lowest BCUT2D eigenvalue weighted by Crippen LogP contribution is -2.24. The van der Waals surface area contributed by atoms with E-state index in [-0.39, 0.29) is 27.6 Å². The van der Waals surface area contributed by atoms with Gasteiger partial charge >= 0.3 is 5.97 Å². The highest BCUT2D eigenvalue weighted by Gasteiger charge is 2.20. The molecular weight excluding hydrogens is 385 g/mol. The third-order valence-electron chi connectivity index (χ3n) is 4.11. The molecule has 0 fully saturated rings. The predicted molar refractivity (Wildman–Crippen MR) is 105 cm³/mol. The van der Waals surface area contributed by atoms with Crippen LogP contribution in [0.15, 0.2) is 29.2 Å². The first-order valence-corrected chi connectivity index (χ1v) is 9.46. The van der Waals surface area contributed by atoms with E-state index in [4.69, 9.17) is 4.74 Å². The largest absolute Gasteiger partial charge is 0.462 e. The lowest BCUT2D eigenvalue weighted by molar-refractivity contribution is 0.0531. The first kappa shape index (κ1) is 19.7. The number of fused-ring (bicyclic) bond motifs is 1. The number of thiazole rings is 1. The average Bonchev–Trinajstić information content (AvgIpc) is 3.02. The fraction of sp³-hybridized carbons (Fsp3) is 0.263. The van der Waals surface area contributed by atoms with Crippen LogP contribution in [0.25, 0.3) is 10.9 Å². The normalized spacial score (nSPS) is 10.9. The molecule has 0 spiro atoms. The van der Waals surface area contributed by atoms with Crippen LogP contribution in [0.2, 0.25) is 0 Å². The van der Waals surface area contributed by atoms with Crippen molar-refractivity contribution in [1.29, 1.82) is 0 Å². The van der Waals surface area contributed by atoms with Crippen LogP contribution in [0.4, 0.5) is 9.52 Å². The Kier molecular flexibility index (Phi) is 5.55. The number of nitrogens with one attached hydrogen (secondary N) is 1. The molecule has 0 aliphatic carbocycles. The number of hydrogen-bond acceptors (Lipinski definition) is 6. The van der Waals surface area contributed by atoms with Crippen LogP contribution in [0, 0.1) is 12.7 Å².